The van der Waals surface area contributed by atoms with Crippen LogP contribution in [0, 0.1) is 0 Å². The van der Waals surface area contributed by atoms with E-state index in [9.17, 15) is 9.90 Å². The second-order valence-corrected chi connectivity index (χ2v) is 7.18. The molecule has 0 aliphatic heterocycles. The Morgan fingerprint density at radius 1 is 0.781 bits per heavy atom. The van der Waals surface area contributed by atoms with Gasteiger partial charge in [0.2, 0.25) is 0 Å². The van der Waals surface area contributed by atoms with Gasteiger partial charge < -0.3 is 14.7 Å². The number of hydrogen-bond acceptors (Lipinski definition) is 4. The molecule has 0 bridgehead atoms. The van der Waals surface area contributed by atoms with E-state index in [1.165, 1.54) is 25.3 Å². The SMILES string of the molecule is COc1ccc(O)c(C(=O)/C=C/c2ccc(N(c3ccccc3)c3ccccc3)cc2)c1. The van der Waals surface area contributed by atoms with E-state index < -0.39 is 0 Å². The monoisotopic (exact) mass is 421 g/mol. The topological polar surface area (TPSA) is 49.8 Å². The van der Waals surface area contributed by atoms with Gasteiger partial charge in [-0.2, -0.15) is 0 Å². The zero-order valence-corrected chi connectivity index (χ0v) is 17.7. The van der Waals surface area contributed by atoms with Crippen LogP contribution in [0.2, 0.25) is 0 Å². The highest BCUT2D eigenvalue weighted by Gasteiger charge is 2.12. The maximum atomic E-state index is 12.5. The van der Waals surface area contributed by atoms with Crippen LogP contribution in [0.5, 0.6) is 11.5 Å². The molecule has 0 unspecified atom stereocenters. The van der Waals surface area contributed by atoms with Gasteiger partial charge >= 0.3 is 0 Å². The molecule has 0 amide bonds. The minimum atomic E-state index is -0.291. The molecule has 0 saturated heterocycles. The highest BCUT2D eigenvalue weighted by atomic mass is 16.5. The van der Waals surface area contributed by atoms with E-state index in [0.29, 0.717) is 5.75 Å². The third-order valence-corrected chi connectivity index (χ3v) is 5.08. The molecule has 1 N–H and O–H groups in total. The minimum Gasteiger partial charge on any atom is -0.507 e. The molecule has 4 aromatic rings. The molecule has 0 radical (unpaired) electrons. The number of phenolic OH excluding ortho intramolecular Hbond substituents is 1. The van der Waals surface area contributed by atoms with Crippen molar-refractivity contribution in [2.45, 2.75) is 0 Å². The number of ether oxygens (including phenoxy) is 1. The molecule has 4 nitrogen and oxygen atoms in total. The number of carbonyl (C=O) groups excluding carboxylic acids is 1. The van der Waals surface area contributed by atoms with Gasteiger partial charge in [0.25, 0.3) is 0 Å². The smallest absolute Gasteiger partial charge is 0.189 e. The van der Waals surface area contributed by atoms with Crippen molar-refractivity contribution in [3.8, 4) is 11.5 Å². The molecule has 0 aromatic heterocycles. The van der Waals surface area contributed by atoms with Gasteiger partial charge in [0.05, 0.1) is 12.7 Å². The van der Waals surface area contributed by atoms with E-state index >= 15 is 0 Å². The summed E-state index contributed by atoms with van der Waals surface area (Å²) in [6, 6.07) is 32.9. The Kier molecular flexibility index (Phi) is 6.33. The van der Waals surface area contributed by atoms with Gasteiger partial charge in [0, 0.05) is 17.1 Å². The average Bonchev–Trinajstić information content (AvgIpc) is 2.85. The summed E-state index contributed by atoms with van der Waals surface area (Å²) in [7, 11) is 1.52. The van der Waals surface area contributed by atoms with Crippen LogP contribution in [0.25, 0.3) is 6.08 Å². The Morgan fingerprint density at radius 3 is 1.91 bits per heavy atom. The van der Waals surface area contributed by atoms with Gasteiger partial charge in [-0.25, -0.2) is 0 Å². The van der Waals surface area contributed by atoms with Gasteiger partial charge in [0.1, 0.15) is 11.5 Å². The summed E-state index contributed by atoms with van der Waals surface area (Å²) in [5.74, 6) is 0.156. The van der Waals surface area contributed by atoms with Crippen LogP contribution in [0.4, 0.5) is 17.1 Å². The fraction of sp³-hybridized carbons (Fsp3) is 0.0357. The lowest BCUT2D eigenvalue weighted by Gasteiger charge is -2.25. The molecular weight excluding hydrogens is 398 g/mol. The summed E-state index contributed by atoms with van der Waals surface area (Å²) in [4.78, 5) is 14.7. The number of methoxy groups -OCH3 is 1. The van der Waals surface area contributed by atoms with E-state index in [1.807, 2.05) is 60.7 Å². The number of allylic oxidation sites excluding steroid dienone is 1. The lowest BCUT2D eigenvalue weighted by Crippen LogP contribution is -2.09. The Labute approximate surface area is 187 Å². The van der Waals surface area contributed by atoms with Crippen LogP contribution in [0.3, 0.4) is 0 Å². The van der Waals surface area contributed by atoms with Crippen molar-refractivity contribution >= 4 is 28.9 Å². The van der Waals surface area contributed by atoms with Crippen LogP contribution >= 0.6 is 0 Å². The molecule has 0 spiro atoms. The van der Waals surface area contributed by atoms with E-state index in [-0.39, 0.29) is 17.1 Å². The first-order valence-electron chi connectivity index (χ1n) is 10.3. The number of carbonyl (C=O) groups is 1. The maximum Gasteiger partial charge on any atom is 0.189 e. The van der Waals surface area contributed by atoms with Gasteiger partial charge in [-0.3, -0.25) is 4.79 Å². The summed E-state index contributed by atoms with van der Waals surface area (Å²) < 4.78 is 5.14. The molecule has 0 atom stereocenters. The normalized spacial score (nSPS) is 10.8. The summed E-state index contributed by atoms with van der Waals surface area (Å²) in [6.07, 6.45) is 3.19. The van der Waals surface area contributed by atoms with Crippen molar-refractivity contribution in [2.24, 2.45) is 0 Å². The molecular formula is C28H23NO3. The van der Waals surface area contributed by atoms with Crippen molar-refractivity contribution in [1.82, 2.24) is 0 Å². The minimum absolute atomic E-state index is 0.0721. The molecule has 4 rings (SSSR count). The van der Waals surface area contributed by atoms with Crippen LogP contribution in [-0.4, -0.2) is 18.0 Å². The number of benzene rings is 4. The molecule has 0 saturated carbocycles. The average molecular weight is 421 g/mol. The number of rotatable bonds is 7. The largest absolute Gasteiger partial charge is 0.507 e. The fourth-order valence-corrected chi connectivity index (χ4v) is 3.44. The van der Waals surface area contributed by atoms with Crippen LogP contribution in [0.1, 0.15) is 15.9 Å². The summed E-state index contributed by atoms with van der Waals surface area (Å²) in [6.45, 7) is 0. The van der Waals surface area contributed by atoms with Crippen molar-refractivity contribution < 1.29 is 14.6 Å². The van der Waals surface area contributed by atoms with Crippen molar-refractivity contribution in [3.05, 3.63) is 120 Å². The van der Waals surface area contributed by atoms with Gasteiger partial charge in [-0.15, -0.1) is 0 Å². The van der Waals surface area contributed by atoms with E-state index in [4.69, 9.17) is 4.74 Å². The van der Waals surface area contributed by atoms with Crippen molar-refractivity contribution in [3.63, 3.8) is 0 Å². The second kappa shape index (κ2) is 9.67. The molecule has 0 aliphatic rings. The Hall–Kier alpha value is -4.31. The zero-order valence-electron chi connectivity index (χ0n) is 17.7. The number of aromatic hydroxyl groups is 1. The number of hydrogen-bond donors (Lipinski definition) is 1. The van der Waals surface area contributed by atoms with Gasteiger partial charge in [-0.05, 0) is 66.2 Å². The predicted octanol–water partition coefficient (Wildman–Crippen LogP) is 6.77. The first kappa shape index (κ1) is 20.9. The van der Waals surface area contributed by atoms with Crippen molar-refractivity contribution in [1.29, 1.82) is 0 Å². The number of ketones is 1. The second-order valence-electron chi connectivity index (χ2n) is 7.18. The standard InChI is InChI=1S/C28H23NO3/c1-32-25-17-19-28(31)26(20-25)27(30)18-14-21-12-15-24(16-13-21)29(22-8-4-2-5-9-22)23-10-6-3-7-11-23/h2-20,31H,1H3/b18-14+. The van der Waals surface area contributed by atoms with Crippen LogP contribution < -0.4 is 9.64 Å². The Balaban J connectivity index is 1.59. The quantitative estimate of drug-likeness (QED) is 0.264. The lowest BCUT2D eigenvalue weighted by molar-refractivity contribution is 0.104. The van der Waals surface area contributed by atoms with Gasteiger partial charge in [0.15, 0.2) is 5.78 Å². The predicted molar refractivity (Wildman–Crippen MR) is 129 cm³/mol. The Bertz CT molecular complexity index is 1180. The van der Waals surface area contributed by atoms with Crippen LogP contribution in [0.15, 0.2) is 109 Å². The van der Waals surface area contributed by atoms with E-state index in [2.05, 4.69) is 29.2 Å². The summed E-state index contributed by atoms with van der Waals surface area (Å²) >= 11 is 0. The third kappa shape index (κ3) is 4.71. The van der Waals surface area contributed by atoms with Crippen LogP contribution in [-0.2, 0) is 0 Å². The molecule has 0 fully saturated rings. The molecule has 0 heterocycles. The van der Waals surface area contributed by atoms with Crippen molar-refractivity contribution in [2.75, 3.05) is 12.0 Å². The third-order valence-electron chi connectivity index (χ3n) is 5.08. The number of nitrogens with zero attached hydrogens (tertiary/aromatic N) is 1. The Morgan fingerprint density at radius 2 is 1.34 bits per heavy atom. The molecule has 0 aliphatic carbocycles. The highest BCUT2D eigenvalue weighted by molar-refractivity contribution is 6.08. The number of phenols is 1. The van der Waals surface area contributed by atoms with E-state index in [0.717, 1.165) is 22.6 Å². The van der Waals surface area contributed by atoms with E-state index in [1.54, 1.807) is 12.1 Å². The lowest BCUT2D eigenvalue weighted by atomic mass is 10.1. The number of anilines is 3. The summed E-state index contributed by atoms with van der Waals surface area (Å²) in [5.41, 5.74) is 4.22. The first-order chi connectivity index (χ1) is 15.7. The highest BCUT2D eigenvalue weighted by Crippen LogP contribution is 2.34. The molecule has 158 valence electrons. The van der Waals surface area contributed by atoms with Gasteiger partial charge in [-0.1, -0.05) is 54.6 Å². The number of para-hydroxylation sites is 2. The maximum absolute atomic E-state index is 12.5. The zero-order chi connectivity index (χ0) is 22.3. The molecule has 4 heteroatoms. The molecule has 32 heavy (non-hydrogen) atoms. The molecule has 4 aromatic carbocycles. The summed E-state index contributed by atoms with van der Waals surface area (Å²) in [5, 5.41) is 10.00. The fourth-order valence-electron chi connectivity index (χ4n) is 3.44. The first-order valence-corrected chi connectivity index (χ1v) is 10.3.